The highest BCUT2D eigenvalue weighted by molar-refractivity contribution is 9.11. The van der Waals surface area contributed by atoms with Crippen LogP contribution in [0.3, 0.4) is 0 Å². The Balaban J connectivity index is 1.32. The van der Waals surface area contributed by atoms with Crippen LogP contribution in [-0.4, -0.2) is 66.6 Å². The van der Waals surface area contributed by atoms with E-state index in [2.05, 4.69) is 32.5 Å². The molecule has 60 heavy (non-hydrogen) atoms. The molecule has 0 saturated carbocycles. The van der Waals surface area contributed by atoms with Crippen molar-refractivity contribution in [3.63, 3.8) is 0 Å². The summed E-state index contributed by atoms with van der Waals surface area (Å²) in [6, 6.07) is 20.2. The van der Waals surface area contributed by atoms with Crippen molar-refractivity contribution in [2.24, 2.45) is 0 Å². The Morgan fingerprint density at radius 1 is 0.950 bits per heavy atom. The van der Waals surface area contributed by atoms with Crippen LogP contribution in [0.15, 0.2) is 100 Å². The minimum absolute atomic E-state index is 0.0153. The van der Waals surface area contributed by atoms with Gasteiger partial charge in [-0.25, -0.2) is 14.8 Å². The fourth-order valence-electron chi connectivity index (χ4n) is 6.23. The lowest BCUT2D eigenvalue weighted by molar-refractivity contribution is -0.145. The Bertz CT molecular complexity index is 2600. The minimum Gasteiger partial charge on any atom is -0.508 e. The smallest absolute Gasteiger partial charge is 0.345 e. The number of aryl methyl sites for hydroxylation is 1. The summed E-state index contributed by atoms with van der Waals surface area (Å²) >= 11 is 19.0. The van der Waals surface area contributed by atoms with E-state index in [9.17, 15) is 23.4 Å². The number of hydrogen-bond donors (Lipinski definition) is 2. The monoisotopic (exact) mass is 956 g/mol. The second-order valence-electron chi connectivity index (χ2n) is 13.5. The minimum atomic E-state index is -4.15. The zero-order chi connectivity index (χ0) is 43.1. The van der Waals surface area contributed by atoms with Crippen molar-refractivity contribution in [2.45, 2.75) is 50.9 Å². The van der Waals surface area contributed by atoms with Crippen LogP contribution in [0.1, 0.15) is 27.8 Å². The van der Waals surface area contributed by atoms with Gasteiger partial charge in [0, 0.05) is 17.5 Å². The Labute approximate surface area is 369 Å². The standard InChI is InChI=1S/C43H39BrCl2N2O10S2/c1-5-17-54-21-30(22-56-60(52,53)31-14-11-24(2)12-15-31)57-39-37(45)25(3)34(26(4)38(39)46)35-36-41(47-23-48-42(36)59-40(35)44)58-33(43(50)51)19-28-18-29(49)13-16-32(28)55-20-27-9-7-6-8-10-27/h5-16,18,23,30,33,49H,1,17,19-22H2,2-4H3,(H,50,51). The van der Waals surface area contributed by atoms with E-state index in [0.29, 0.717) is 47.6 Å². The van der Waals surface area contributed by atoms with E-state index in [1.807, 2.05) is 37.3 Å². The van der Waals surface area contributed by atoms with E-state index < -0.39 is 34.9 Å². The van der Waals surface area contributed by atoms with Gasteiger partial charge in [0.1, 0.15) is 42.0 Å². The molecule has 314 valence electrons. The lowest BCUT2D eigenvalue weighted by Gasteiger charge is -2.24. The summed E-state index contributed by atoms with van der Waals surface area (Å²) in [6.45, 7) is 8.89. The molecule has 2 aromatic heterocycles. The summed E-state index contributed by atoms with van der Waals surface area (Å²) in [5.74, 6) is -0.917. The predicted octanol–water partition coefficient (Wildman–Crippen LogP) is 10.1. The van der Waals surface area contributed by atoms with Gasteiger partial charge in [0.15, 0.2) is 5.75 Å². The first-order chi connectivity index (χ1) is 28.7. The van der Waals surface area contributed by atoms with Crippen molar-refractivity contribution in [1.29, 1.82) is 0 Å². The molecule has 0 saturated heterocycles. The van der Waals surface area contributed by atoms with Crippen LogP contribution in [0.25, 0.3) is 21.3 Å². The summed E-state index contributed by atoms with van der Waals surface area (Å²) in [6.07, 6.45) is 0.181. The molecule has 0 bridgehead atoms. The summed E-state index contributed by atoms with van der Waals surface area (Å²) in [5.41, 5.74) is 4.37. The van der Waals surface area contributed by atoms with Crippen molar-refractivity contribution < 1.29 is 46.6 Å². The first-order valence-corrected chi connectivity index (χ1v) is 22.1. The number of fused-ring (bicyclic) bond motifs is 1. The van der Waals surface area contributed by atoms with Crippen LogP contribution in [0.4, 0.5) is 0 Å². The normalized spacial score (nSPS) is 12.6. The molecule has 2 unspecified atom stereocenters. The summed E-state index contributed by atoms with van der Waals surface area (Å²) in [7, 11) is -4.15. The second kappa shape index (κ2) is 19.8. The molecular weight excluding hydrogens is 919 g/mol. The SMILES string of the molecule is C=CCOCC(COS(=O)(=O)c1ccc(C)cc1)Oc1c(Cl)c(C)c(-c2c(Br)sc3ncnc(OC(Cc4cc(O)ccc4OCc4ccccc4)C(=O)O)c23)c(C)c1Cl. The first-order valence-electron chi connectivity index (χ1n) is 18.3. The highest BCUT2D eigenvalue weighted by Crippen LogP contribution is 2.51. The highest BCUT2D eigenvalue weighted by atomic mass is 79.9. The highest BCUT2D eigenvalue weighted by Gasteiger charge is 2.31. The number of halogens is 3. The van der Waals surface area contributed by atoms with E-state index >= 15 is 0 Å². The van der Waals surface area contributed by atoms with Crippen molar-refractivity contribution in [1.82, 2.24) is 9.97 Å². The number of aromatic hydroxyl groups is 1. The third-order valence-corrected chi connectivity index (χ3v) is 13.2. The average molecular weight is 959 g/mol. The molecule has 0 aliphatic heterocycles. The van der Waals surface area contributed by atoms with Crippen molar-refractivity contribution in [3.8, 4) is 34.3 Å². The van der Waals surface area contributed by atoms with Crippen molar-refractivity contribution in [3.05, 3.63) is 133 Å². The van der Waals surface area contributed by atoms with E-state index in [-0.39, 0.29) is 58.6 Å². The number of aliphatic carboxylic acids is 1. The number of carbonyl (C=O) groups is 1. The van der Waals surface area contributed by atoms with E-state index in [1.54, 1.807) is 38.1 Å². The summed E-state index contributed by atoms with van der Waals surface area (Å²) in [5, 5.41) is 21.4. The Kier molecular flexibility index (Phi) is 14.8. The molecule has 0 radical (unpaired) electrons. The van der Waals surface area contributed by atoms with E-state index in [4.69, 9.17) is 46.3 Å². The van der Waals surface area contributed by atoms with Gasteiger partial charge >= 0.3 is 5.97 Å². The maximum atomic E-state index is 13.1. The molecule has 0 aliphatic rings. The number of carboxylic acids is 1. The fraction of sp³-hybridized carbons (Fsp3) is 0.233. The molecule has 0 aliphatic carbocycles. The van der Waals surface area contributed by atoms with Gasteiger partial charge in [-0.15, -0.1) is 17.9 Å². The maximum Gasteiger partial charge on any atom is 0.345 e. The van der Waals surface area contributed by atoms with Gasteiger partial charge in [-0.3, -0.25) is 4.18 Å². The maximum absolute atomic E-state index is 13.1. The molecule has 6 rings (SSSR count). The Hall–Kier alpha value is -4.74. The van der Waals surface area contributed by atoms with E-state index in [0.717, 1.165) is 11.1 Å². The molecule has 4 aromatic carbocycles. The molecule has 17 heteroatoms. The molecular formula is C43H39BrCl2N2O10S2. The number of thiophene rings is 1. The molecule has 6 aromatic rings. The molecule has 12 nitrogen and oxygen atoms in total. The van der Waals surface area contributed by atoms with Crippen molar-refractivity contribution in [2.75, 3.05) is 19.8 Å². The fourth-order valence-corrected chi connectivity index (χ4v) is 9.40. The lowest BCUT2D eigenvalue weighted by Crippen LogP contribution is -2.30. The molecule has 0 fully saturated rings. The number of ether oxygens (including phenoxy) is 4. The number of phenols is 1. The number of carboxylic acid groups (broad SMARTS) is 1. The second-order valence-corrected chi connectivity index (χ2v) is 18.2. The Morgan fingerprint density at radius 2 is 1.65 bits per heavy atom. The quantitative estimate of drug-likeness (QED) is 0.0449. The predicted molar refractivity (Wildman–Crippen MR) is 234 cm³/mol. The van der Waals surface area contributed by atoms with E-state index in [1.165, 1.54) is 41.9 Å². The van der Waals surface area contributed by atoms with Crippen LogP contribution in [-0.2, 0) is 36.9 Å². The lowest BCUT2D eigenvalue weighted by atomic mass is 9.95. The van der Waals surface area contributed by atoms with Gasteiger partial charge in [0.2, 0.25) is 12.0 Å². The van der Waals surface area contributed by atoms with Gasteiger partial charge in [-0.05, 0) is 89.3 Å². The van der Waals surface area contributed by atoms with Crippen LogP contribution in [0.5, 0.6) is 23.1 Å². The van der Waals surface area contributed by atoms with Gasteiger partial charge in [-0.2, -0.15) is 8.42 Å². The zero-order valence-corrected chi connectivity index (χ0v) is 37.2. The number of benzene rings is 4. The zero-order valence-electron chi connectivity index (χ0n) is 32.5. The van der Waals surface area contributed by atoms with Gasteiger partial charge in [0.25, 0.3) is 10.1 Å². The number of hydrogen-bond acceptors (Lipinski definition) is 12. The van der Waals surface area contributed by atoms with Gasteiger partial charge < -0.3 is 29.2 Å². The summed E-state index contributed by atoms with van der Waals surface area (Å²) in [4.78, 5) is 22.1. The summed E-state index contributed by atoms with van der Waals surface area (Å²) < 4.78 is 56.3. The molecule has 2 N–H and O–H groups in total. The number of aromatic nitrogens is 2. The topological polar surface area (TPSA) is 164 Å². The number of nitrogens with zero attached hydrogens (tertiary/aromatic N) is 2. The third kappa shape index (κ3) is 10.4. The first kappa shape index (κ1) is 44.8. The molecule has 2 heterocycles. The van der Waals surface area contributed by atoms with Crippen LogP contribution < -0.4 is 14.2 Å². The van der Waals surface area contributed by atoms with Crippen LogP contribution in [0, 0.1) is 20.8 Å². The number of phenolic OH excluding ortho intramolecular Hbond substituents is 1. The third-order valence-electron chi connectivity index (χ3n) is 9.23. The van der Waals surface area contributed by atoms with Crippen LogP contribution in [0.2, 0.25) is 10.0 Å². The van der Waals surface area contributed by atoms with Crippen molar-refractivity contribution >= 4 is 76.8 Å². The Morgan fingerprint density at radius 3 is 2.32 bits per heavy atom. The van der Waals surface area contributed by atoms with Gasteiger partial charge in [0.05, 0.1) is 37.3 Å². The largest absolute Gasteiger partial charge is 0.508 e. The average Bonchev–Trinajstić information content (AvgIpc) is 3.56. The molecule has 0 spiro atoms. The van der Waals surface area contributed by atoms with Gasteiger partial charge in [-0.1, -0.05) is 77.3 Å². The molecule has 0 amide bonds. The van der Waals surface area contributed by atoms with Crippen LogP contribution >= 0.6 is 50.5 Å². The number of rotatable bonds is 19. The molecule has 2 atom stereocenters.